The van der Waals surface area contributed by atoms with Crippen LogP contribution in [-0.2, 0) is 16.1 Å². The average molecular weight is 274 g/mol. The van der Waals surface area contributed by atoms with Crippen molar-refractivity contribution in [3.63, 3.8) is 0 Å². The molecular weight excluding hydrogens is 252 g/mol. The van der Waals surface area contributed by atoms with Gasteiger partial charge in [0.2, 0.25) is 5.91 Å². The van der Waals surface area contributed by atoms with Crippen LogP contribution in [0.15, 0.2) is 24.3 Å². The van der Waals surface area contributed by atoms with Crippen LogP contribution in [-0.4, -0.2) is 24.7 Å². The van der Waals surface area contributed by atoms with E-state index in [1.54, 1.807) is 0 Å². The summed E-state index contributed by atoms with van der Waals surface area (Å²) < 4.78 is 5.58. The third kappa shape index (κ3) is 3.02. The van der Waals surface area contributed by atoms with Crippen LogP contribution in [0.25, 0.3) is 0 Å². The average Bonchev–Trinajstić information content (AvgIpc) is 3.16. The summed E-state index contributed by atoms with van der Waals surface area (Å²) in [5.41, 5.74) is 7.71. The van der Waals surface area contributed by atoms with Gasteiger partial charge in [-0.05, 0) is 43.4 Å². The van der Waals surface area contributed by atoms with E-state index < -0.39 is 0 Å². The Labute approximate surface area is 119 Å². The Balaban J connectivity index is 1.72. The van der Waals surface area contributed by atoms with E-state index in [4.69, 9.17) is 10.5 Å². The Morgan fingerprint density at radius 2 is 2.00 bits per heavy atom. The maximum Gasteiger partial charge on any atom is 0.229 e. The van der Waals surface area contributed by atoms with Gasteiger partial charge in [0.05, 0.1) is 12.5 Å². The first-order valence-corrected chi connectivity index (χ1v) is 7.50. The molecule has 2 aliphatic rings. The van der Waals surface area contributed by atoms with Crippen LogP contribution in [0.1, 0.15) is 37.7 Å². The minimum absolute atomic E-state index is 0.118. The van der Waals surface area contributed by atoms with Crippen molar-refractivity contribution < 1.29 is 9.53 Å². The van der Waals surface area contributed by atoms with Gasteiger partial charge in [-0.25, -0.2) is 0 Å². The highest BCUT2D eigenvalue weighted by molar-refractivity contribution is 5.94. The monoisotopic (exact) mass is 274 g/mol. The standard InChI is InChI=1S/C16H22N2O2/c17-11-12-3-5-13(6-4-12)18(14-7-8-14)16(19)10-15-2-1-9-20-15/h3-6,14-15H,1-2,7-11,17H2. The quantitative estimate of drug-likeness (QED) is 0.895. The summed E-state index contributed by atoms with van der Waals surface area (Å²) in [6.07, 6.45) is 4.93. The van der Waals surface area contributed by atoms with Crippen molar-refractivity contribution in [1.82, 2.24) is 0 Å². The molecule has 1 aliphatic heterocycles. The highest BCUT2D eigenvalue weighted by Gasteiger charge is 2.35. The topological polar surface area (TPSA) is 55.6 Å². The second-order valence-electron chi connectivity index (χ2n) is 5.70. The van der Waals surface area contributed by atoms with E-state index >= 15 is 0 Å². The molecule has 1 amide bonds. The first kappa shape index (κ1) is 13.6. The van der Waals surface area contributed by atoms with E-state index in [1.807, 2.05) is 29.2 Å². The zero-order valence-electron chi connectivity index (χ0n) is 11.8. The Morgan fingerprint density at radius 1 is 1.25 bits per heavy atom. The summed E-state index contributed by atoms with van der Waals surface area (Å²) in [6, 6.07) is 8.41. The van der Waals surface area contributed by atoms with Gasteiger partial charge in [0.25, 0.3) is 0 Å². The SMILES string of the molecule is NCc1ccc(N(C(=O)CC2CCCO2)C2CC2)cc1. The van der Waals surface area contributed by atoms with Gasteiger partial charge in [0, 0.05) is 24.9 Å². The molecule has 108 valence electrons. The van der Waals surface area contributed by atoms with Crippen LogP contribution in [0.2, 0.25) is 0 Å². The van der Waals surface area contributed by atoms with Crippen LogP contribution >= 0.6 is 0 Å². The molecule has 20 heavy (non-hydrogen) atoms. The number of hydrogen-bond donors (Lipinski definition) is 1. The van der Waals surface area contributed by atoms with Gasteiger partial charge in [-0.15, -0.1) is 0 Å². The maximum absolute atomic E-state index is 12.6. The lowest BCUT2D eigenvalue weighted by atomic mass is 10.1. The molecule has 0 spiro atoms. The number of nitrogens with two attached hydrogens (primary N) is 1. The fourth-order valence-corrected chi connectivity index (χ4v) is 2.78. The normalized spacial score (nSPS) is 21.9. The molecule has 1 atom stereocenters. The zero-order chi connectivity index (χ0) is 13.9. The molecule has 2 fully saturated rings. The molecule has 1 aromatic rings. The van der Waals surface area contributed by atoms with Gasteiger partial charge in [-0.1, -0.05) is 12.1 Å². The van der Waals surface area contributed by atoms with Crippen molar-refractivity contribution in [2.24, 2.45) is 5.73 Å². The smallest absolute Gasteiger partial charge is 0.229 e. The highest BCUT2D eigenvalue weighted by atomic mass is 16.5. The van der Waals surface area contributed by atoms with Crippen molar-refractivity contribution in [1.29, 1.82) is 0 Å². The van der Waals surface area contributed by atoms with Gasteiger partial charge in [-0.2, -0.15) is 0 Å². The Morgan fingerprint density at radius 3 is 2.55 bits per heavy atom. The van der Waals surface area contributed by atoms with E-state index in [0.717, 1.165) is 43.5 Å². The number of rotatable bonds is 5. The maximum atomic E-state index is 12.6. The van der Waals surface area contributed by atoms with E-state index in [2.05, 4.69) is 0 Å². The van der Waals surface area contributed by atoms with Crippen molar-refractivity contribution in [2.45, 2.75) is 50.8 Å². The molecule has 1 saturated heterocycles. The first-order chi connectivity index (χ1) is 9.78. The molecule has 0 bridgehead atoms. The molecule has 1 saturated carbocycles. The van der Waals surface area contributed by atoms with Crippen molar-refractivity contribution in [2.75, 3.05) is 11.5 Å². The molecule has 1 unspecified atom stereocenters. The predicted octanol–water partition coefficient (Wildman–Crippen LogP) is 2.21. The predicted molar refractivity (Wildman–Crippen MR) is 78.4 cm³/mol. The number of benzene rings is 1. The van der Waals surface area contributed by atoms with Gasteiger partial charge in [-0.3, -0.25) is 4.79 Å². The Kier molecular flexibility index (Phi) is 4.03. The second kappa shape index (κ2) is 5.94. The number of carbonyl (C=O) groups excluding carboxylic acids is 1. The highest BCUT2D eigenvalue weighted by Crippen LogP contribution is 2.33. The van der Waals surface area contributed by atoms with E-state index in [0.29, 0.717) is 19.0 Å². The molecular formula is C16H22N2O2. The fourth-order valence-electron chi connectivity index (χ4n) is 2.78. The van der Waals surface area contributed by atoms with Gasteiger partial charge < -0.3 is 15.4 Å². The lowest BCUT2D eigenvalue weighted by molar-refractivity contribution is -0.120. The summed E-state index contributed by atoms with van der Waals surface area (Å²) in [7, 11) is 0. The number of amides is 1. The number of carbonyl (C=O) groups is 1. The summed E-state index contributed by atoms with van der Waals surface area (Å²) in [5, 5.41) is 0. The number of hydrogen-bond acceptors (Lipinski definition) is 3. The second-order valence-corrected chi connectivity index (χ2v) is 5.70. The molecule has 1 heterocycles. The molecule has 4 nitrogen and oxygen atoms in total. The van der Waals surface area contributed by atoms with Gasteiger partial charge in [0.15, 0.2) is 0 Å². The van der Waals surface area contributed by atoms with E-state index in [-0.39, 0.29) is 12.0 Å². The molecule has 4 heteroatoms. The van der Waals surface area contributed by atoms with E-state index in [1.165, 1.54) is 0 Å². The van der Waals surface area contributed by atoms with E-state index in [9.17, 15) is 4.79 Å². The van der Waals surface area contributed by atoms with Gasteiger partial charge in [0.1, 0.15) is 0 Å². The minimum Gasteiger partial charge on any atom is -0.378 e. The Hall–Kier alpha value is -1.39. The third-order valence-corrected chi connectivity index (χ3v) is 4.06. The summed E-state index contributed by atoms with van der Waals surface area (Å²) >= 11 is 0. The molecule has 0 radical (unpaired) electrons. The number of nitrogens with zero attached hydrogens (tertiary/aromatic N) is 1. The lowest BCUT2D eigenvalue weighted by Crippen LogP contribution is -2.35. The number of ether oxygens (including phenoxy) is 1. The van der Waals surface area contributed by atoms with Crippen LogP contribution in [0.3, 0.4) is 0 Å². The summed E-state index contributed by atoms with van der Waals surface area (Å²) in [6.45, 7) is 1.33. The minimum atomic E-state index is 0.118. The molecule has 2 N–H and O–H groups in total. The van der Waals surface area contributed by atoms with Crippen LogP contribution in [0.4, 0.5) is 5.69 Å². The van der Waals surface area contributed by atoms with Crippen LogP contribution < -0.4 is 10.6 Å². The molecule has 1 aliphatic carbocycles. The van der Waals surface area contributed by atoms with Crippen LogP contribution in [0.5, 0.6) is 0 Å². The molecule has 3 rings (SSSR count). The van der Waals surface area contributed by atoms with Crippen molar-refractivity contribution in [3.05, 3.63) is 29.8 Å². The number of anilines is 1. The largest absolute Gasteiger partial charge is 0.378 e. The molecule has 1 aromatic carbocycles. The zero-order valence-corrected chi connectivity index (χ0v) is 11.8. The molecule has 0 aromatic heterocycles. The summed E-state index contributed by atoms with van der Waals surface area (Å²) in [5.74, 6) is 0.194. The lowest BCUT2D eigenvalue weighted by Gasteiger charge is -2.24. The van der Waals surface area contributed by atoms with Gasteiger partial charge >= 0.3 is 0 Å². The van der Waals surface area contributed by atoms with Crippen molar-refractivity contribution >= 4 is 11.6 Å². The fraction of sp³-hybridized carbons (Fsp3) is 0.562. The van der Waals surface area contributed by atoms with Crippen LogP contribution in [0, 0.1) is 0 Å². The summed E-state index contributed by atoms with van der Waals surface area (Å²) in [4.78, 5) is 14.5. The third-order valence-electron chi connectivity index (χ3n) is 4.06. The van der Waals surface area contributed by atoms with Crippen molar-refractivity contribution in [3.8, 4) is 0 Å². The Bertz CT molecular complexity index is 462. The first-order valence-electron chi connectivity index (χ1n) is 7.50.